The van der Waals surface area contributed by atoms with Gasteiger partial charge in [-0.05, 0) is 24.1 Å². The topological polar surface area (TPSA) is 69.2 Å². The fraction of sp³-hybridized carbons (Fsp3) is 0.167. The molecular weight excluding hydrogens is 430 g/mol. The van der Waals surface area contributed by atoms with Gasteiger partial charge >= 0.3 is 0 Å². The number of ether oxygens (including phenoxy) is 2. The normalized spacial score (nSPS) is 11.6. The number of benzene rings is 3. The molecule has 0 unspecified atom stereocenters. The van der Waals surface area contributed by atoms with E-state index in [1.807, 2.05) is 67.6 Å². The minimum atomic E-state index is 0.379. The Morgan fingerprint density at radius 3 is 2.29 bits per heavy atom. The Labute approximate surface area is 191 Å². The van der Waals surface area contributed by atoms with Gasteiger partial charge in [-0.3, -0.25) is 0 Å². The maximum atomic E-state index is 6.43. The highest BCUT2D eigenvalue weighted by atomic mass is 35.5. The molecule has 0 saturated heterocycles. The summed E-state index contributed by atoms with van der Waals surface area (Å²) in [7, 11) is 0. The molecule has 160 valence electrons. The predicted octanol–water partition coefficient (Wildman–Crippen LogP) is 5.90. The molecule has 3 rings (SSSR count). The Balaban J connectivity index is 1.66. The fourth-order valence-electron chi connectivity index (χ4n) is 2.67. The van der Waals surface area contributed by atoms with Crippen LogP contribution in [0.3, 0.4) is 0 Å². The third-order valence-corrected chi connectivity index (χ3v) is 5.37. The summed E-state index contributed by atoms with van der Waals surface area (Å²) in [5.41, 5.74) is 8.84. The van der Waals surface area contributed by atoms with E-state index in [2.05, 4.69) is 10.2 Å². The highest BCUT2D eigenvalue weighted by Gasteiger charge is 2.11. The summed E-state index contributed by atoms with van der Waals surface area (Å²) < 4.78 is 11.6. The molecule has 3 aromatic carbocycles. The first kappa shape index (κ1) is 22.7. The molecule has 0 fully saturated rings. The van der Waals surface area contributed by atoms with Gasteiger partial charge in [-0.15, -0.1) is 5.10 Å². The maximum absolute atomic E-state index is 6.43. The summed E-state index contributed by atoms with van der Waals surface area (Å²) in [4.78, 5) is 0. The van der Waals surface area contributed by atoms with E-state index in [9.17, 15) is 0 Å². The van der Waals surface area contributed by atoms with Crippen LogP contribution in [-0.4, -0.2) is 18.0 Å². The van der Waals surface area contributed by atoms with Crippen molar-refractivity contribution in [1.29, 1.82) is 0 Å². The van der Waals surface area contributed by atoms with Crippen molar-refractivity contribution in [2.75, 3.05) is 6.61 Å². The molecule has 0 atom stereocenters. The van der Waals surface area contributed by atoms with Crippen molar-refractivity contribution in [2.45, 2.75) is 19.3 Å². The SMILES string of the molecule is CCOc1cc(C=NN=C(N)SCc2ccccc2)c(Cl)cc1OCc1ccccc1. The molecule has 2 N–H and O–H groups in total. The van der Waals surface area contributed by atoms with E-state index in [0.29, 0.717) is 40.5 Å². The van der Waals surface area contributed by atoms with Crippen LogP contribution in [0, 0.1) is 0 Å². The first-order valence-electron chi connectivity index (χ1n) is 9.82. The number of nitrogens with zero attached hydrogens (tertiary/aromatic N) is 2. The molecule has 0 saturated carbocycles. The van der Waals surface area contributed by atoms with Crippen molar-refractivity contribution >= 4 is 34.7 Å². The molecule has 7 heteroatoms. The third-order valence-electron chi connectivity index (χ3n) is 4.18. The van der Waals surface area contributed by atoms with Gasteiger partial charge in [0, 0.05) is 17.4 Å². The maximum Gasteiger partial charge on any atom is 0.180 e. The fourth-order valence-corrected chi connectivity index (χ4v) is 3.49. The lowest BCUT2D eigenvalue weighted by molar-refractivity contribution is 0.269. The van der Waals surface area contributed by atoms with Crippen LogP contribution < -0.4 is 15.2 Å². The van der Waals surface area contributed by atoms with Gasteiger partial charge in [0.1, 0.15) is 6.61 Å². The van der Waals surface area contributed by atoms with Gasteiger partial charge in [0.05, 0.1) is 17.8 Å². The second-order valence-corrected chi connectivity index (χ2v) is 7.89. The Bertz CT molecular complexity index is 1030. The Morgan fingerprint density at radius 1 is 0.968 bits per heavy atom. The first-order valence-corrected chi connectivity index (χ1v) is 11.2. The van der Waals surface area contributed by atoms with Crippen molar-refractivity contribution in [2.24, 2.45) is 15.9 Å². The number of hydrogen-bond donors (Lipinski definition) is 1. The lowest BCUT2D eigenvalue weighted by atomic mass is 10.2. The van der Waals surface area contributed by atoms with E-state index in [0.717, 1.165) is 11.3 Å². The van der Waals surface area contributed by atoms with Crippen LogP contribution in [-0.2, 0) is 12.4 Å². The third kappa shape index (κ3) is 7.35. The Hall–Kier alpha value is -2.96. The number of halogens is 1. The largest absolute Gasteiger partial charge is 0.490 e. The first-order chi connectivity index (χ1) is 15.2. The summed E-state index contributed by atoms with van der Waals surface area (Å²) in [6, 6.07) is 23.5. The van der Waals surface area contributed by atoms with E-state index in [1.54, 1.807) is 18.3 Å². The van der Waals surface area contributed by atoms with Gasteiger partial charge in [0.2, 0.25) is 0 Å². The Kier molecular flexibility index (Phi) is 8.82. The highest BCUT2D eigenvalue weighted by molar-refractivity contribution is 8.13. The van der Waals surface area contributed by atoms with E-state index in [1.165, 1.54) is 17.3 Å². The average Bonchev–Trinajstić information content (AvgIpc) is 2.80. The molecule has 0 aliphatic heterocycles. The molecule has 0 heterocycles. The molecule has 31 heavy (non-hydrogen) atoms. The van der Waals surface area contributed by atoms with Crippen LogP contribution in [0.2, 0.25) is 5.02 Å². The lowest BCUT2D eigenvalue weighted by Gasteiger charge is -2.13. The highest BCUT2D eigenvalue weighted by Crippen LogP contribution is 2.33. The number of amidine groups is 1. The van der Waals surface area contributed by atoms with Gasteiger partial charge in [0.25, 0.3) is 0 Å². The van der Waals surface area contributed by atoms with E-state index < -0.39 is 0 Å². The second-order valence-electron chi connectivity index (χ2n) is 6.48. The number of hydrogen-bond acceptors (Lipinski definition) is 5. The average molecular weight is 454 g/mol. The summed E-state index contributed by atoms with van der Waals surface area (Å²) >= 11 is 7.85. The lowest BCUT2D eigenvalue weighted by Crippen LogP contribution is -2.06. The predicted molar refractivity (Wildman–Crippen MR) is 130 cm³/mol. The van der Waals surface area contributed by atoms with Gasteiger partial charge in [0.15, 0.2) is 16.7 Å². The second kappa shape index (κ2) is 12.0. The quantitative estimate of drug-likeness (QED) is 0.249. The summed E-state index contributed by atoms with van der Waals surface area (Å²) in [6.45, 7) is 2.84. The van der Waals surface area contributed by atoms with Crippen molar-refractivity contribution in [3.05, 3.63) is 94.5 Å². The van der Waals surface area contributed by atoms with Gasteiger partial charge in [-0.1, -0.05) is 84.0 Å². The van der Waals surface area contributed by atoms with E-state index in [-0.39, 0.29) is 0 Å². The van der Waals surface area contributed by atoms with Crippen molar-refractivity contribution in [3.63, 3.8) is 0 Å². The minimum absolute atomic E-state index is 0.379. The van der Waals surface area contributed by atoms with Crippen molar-refractivity contribution in [1.82, 2.24) is 0 Å². The van der Waals surface area contributed by atoms with E-state index in [4.69, 9.17) is 26.8 Å². The van der Waals surface area contributed by atoms with Gasteiger partial charge in [-0.2, -0.15) is 5.10 Å². The zero-order valence-electron chi connectivity index (χ0n) is 17.2. The number of rotatable bonds is 9. The number of nitrogens with two attached hydrogens (primary N) is 1. The molecule has 0 radical (unpaired) electrons. The van der Waals surface area contributed by atoms with Crippen molar-refractivity contribution in [3.8, 4) is 11.5 Å². The molecule has 0 amide bonds. The minimum Gasteiger partial charge on any atom is -0.490 e. The molecule has 5 nitrogen and oxygen atoms in total. The van der Waals surface area contributed by atoms with Crippen LogP contribution in [0.4, 0.5) is 0 Å². The van der Waals surface area contributed by atoms with Crippen LogP contribution in [0.5, 0.6) is 11.5 Å². The molecule has 0 aromatic heterocycles. The standard InChI is InChI=1S/C24H24ClN3O2S/c1-2-29-22-13-20(15-27-28-24(26)31-17-19-11-7-4-8-12-19)21(25)14-23(22)30-16-18-9-5-3-6-10-18/h3-15H,2,16-17H2,1H3,(H2,26,28). The number of thioether (sulfide) groups is 1. The molecule has 0 aliphatic carbocycles. The van der Waals surface area contributed by atoms with Crippen LogP contribution in [0.25, 0.3) is 0 Å². The zero-order valence-corrected chi connectivity index (χ0v) is 18.8. The van der Waals surface area contributed by atoms with E-state index >= 15 is 0 Å². The van der Waals surface area contributed by atoms with Crippen LogP contribution >= 0.6 is 23.4 Å². The zero-order chi connectivity index (χ0) is 21.9. The van der Waals surface area contributed by atoms with Crippen LogP contribution in [0.15, 0.2) is 83.0 Å². The molecule has 3 aromatic rings. The van der Waals surface area contributed by atoms with Crippen LogP contribution in [0.1, 0.15) is 23.6 Å². The smallest absolute Gasteiger partial charge is 0.180 e. The van der Waals surface area contributed by atoms with Gasteiger partial charge in [-0.25, -0.2) is 0 Å². The molecule has 0 spiro atoms. The van der Waals surface area contributed by atoms with Crippen molar-refractivity contribution < 1.29 is 9.47 Å². The molecule has 0 aliphatic rings. The Morgan fingerprint density at radius 2 is 1.61 bits per heavy atom. The molecule has 0 bridgehead atoms. The summed E-state index contributed by atoms with van der Waals surface area (Å²) in [6.07, 6.45) is 1.56. The van der Waals surface area contributed by atoms with Gasteiger partial charge < -0.3 is 15.2 Å². The monoisotopic (exact) mass is 453 g/mol. The molecular formula is C24H24ClN3O2S. The summed E-state index contributed by atoms with van der Waals surface area (Å²) in [5.74, 6) is 1.91. The summed E-state index contributed by atoms with van der Waals surface area (Å²) in [5, 5.41) is 8.99.